The highest BCUT2D eigenvalue weighted by Crippen LogP contribution is 2.22. The van der Waals surface area contributed by atoms with E-state index in [4.69, 9.17) is 0 Å². The molecule has 1 aromatic heterocycles. The van der Waals surface area contributed by atoms with Gasteiger partial charge in [0.2, 0.25) is 4.73 Å². The number of aliphatic hydroxyl groups is 1. The van der Waals surface area contributed by atoms with Crippen molar-refractivity contribution in [3.8, 4) is 0 Å². The number of fused-ring (bicyclic) bond motifs is 1. The maximum absolute atomic E-state index is 9.61. The average molecular weight is 232 g/mol. The minimum Gasteiger partial charge on any atom is -0.385 e. The Morgan fingerprint density at radius 2 is 2.33 bits per heavy atom. The van der Waals surface area contributed by atoms with Gasteiger partial charge in [0, 0.05) is 6.54 Å². The van der Waals surface area contributed by atoms with E-state index in [0.29, 0.717) is 10.6 Å². The minimum atomic E-state index is -0.439. The number of aryl methyl sites for hydroxylation is 1. The van der Waals surface area contributed by atoms with Gasteiger partial charge < -0.3 is 5.11 Å². The molecule has 1 atom stereocenters. The fraction of sp³-hybridized carbons (Fsp3) is 0.714. The highest BCUT2D eigenvalue weighted by Gasteiger charge is 2.19. The molecule has 2 heterocycles. The van der Waals surface area contributed by atoms with Crippen LogP contribution in [0.3, 0.4) is 0 Å². The predicted molar refractivity (Wildman–Crippen MR) is 46.5 cm³/mol. The molecular formula is C7H10BrN3O. The van der Waals surface area contributed by atoms with Crippen LogP contribution < -0.4 is 0 Å². The maximum Gasteiger partial charge on any atom is 0.217 e. The molecule has 5 heteroatoms. The number of hydrogen-bond donors (Lipinski definition) is 1. The van der Waals surface area contributed by atoms with Crippen LogP contribution in [-0.2, 0) is 6.54 Å². The van der Waals surface area contributed by atoms with Gasteiger partial charge in [-0.1, -0.05) is 0 Å². The second-order valence-corrected chi connectivity index (χ2v) is 3.68. The molecule has 0 aliphatic carbocycles. The van der Waals surface area contributed by atoms with Crippen LogP contribution in [0.25, 0.3) is 0 Å². The largest absolute Gasteiger partial charge is 0.385 e. The normalized spacial score (nSPS) is 23.3. The van der Waals surface area contributed by atoms with Gasteiger partial charge in [-0.15, -0.1) is 5.10 Å². The third kappa shape index (κ3) is 1.38. The maximum atomic E-state index is 9.61. The van der Waals surface area contributed by atoms with Crippen LogP contribution in [0.2, 0.25) is 0 Å². The van der Waals surface area contributed by atoms with Crippen molar-refractivity contribution in [2.24, 2.45) is 0 Å². The van der Waals surface area contributed by atoms with Gasteiger partial charge in [0.05, 0.1) is 0 Å². The van der Waals surface area contributed by atoms with E-state index < -0.39 is 6.10 Å². The van der Waals surface area contributed by atoms with Gasteiger partial charge in [0.25, 0.3) is 0 Å². The SMILES string of the molecule is O[C@@H]1CCCCn2nc(Br)nc21. The molecule has 0 aromatic carbocycles. The Balaban J connectivity index is 2.38. The molecule has 12 heavy (non-hydrogen) atoms. The van der Waals surface area contributed by atoms with E-state index in [1.54, 1.807) is 4.68 Å². The standard InChI is InChI=1S/C7H10BrN3O/c8-7-9-6-5(12)3-1-2-4-11(6)10-7/h5,12H,1-4H2/t5-/m1/s1. The van der Waals surface area contributed by atoms with Crippen molar-refractivity contribution in [2.75, 3.05) is 0 Å². The summed E-state index contributed by atoms with van der Waals surface area (Å²) in [6, 6.07) is 0. The van der Waals surface area contributed by atoms with E-state index in [-0.39, 0.29) is 0 Å². The molecule has 1 aromatic rings. The molecular weight excluding hydrogens is 222 g/mol. The van der Waals surface area contributed by atoms with Crippen LogP contribution in [0, 0.1) is 0 Å². The van der Waals surface area contributed by atoms with Crippen molar-refractivity contribution in [2.45, 2.75) is 31.9 Å². The average Bonchev–Trinajstić information content (AvgIpc) is 2.33. The molecule has 1 N–H and O–H groups in total. The molecule has 4 nitrogen and oxygen atoms in total. The van der Waals surface area contributed by atoms with Crippen LogP contribution >= 0.6 is 15.9 Å². The molecule has 0 radical (unpaired) electrons. The molecule has 1 aliphatic rings. The molecule has 0 spiro atoms. The summed E-state index contributed by atoms with van der Waals surface area (Å²) in [7, 11) is 0. The van der Waals surface area contributed by atoms with E-state index in [0.717, 1.165) is 25.8 Å². The van der Waals surface area contributed by atoms with E-state index >= 15 is 0 Å². The Morgan fingerprint density at radius 1 is 1.50 bits per heavy atom. The molecule has 0 saturated carbocycles. The second-order valence-electron chi connectivity index (χ2n) is 2.97. The second kappa shape index (κ2) is 3.14. The number of rotatable bonds is 0. The van der Waals surface area contributed by atoms with Crippen LogP contribution in [0.4, 0.5) is 0 Å². The van der Waals surface area contributed by atoms with Gasteiger partial charge in [-0.05, 0) is 35.2 Å². The van der Waals surface area contributed by atoms with Crippen molar-refractivity contribution >= 4 is 15.9 Å². The van der Waals surface area contributed by atoms with Crippen molar-refractivity contribution in [1.29, 1.82) is 0 Å². The Morgan fingerprint density at radius 3 is 3.17 bits per heavy atom. The van der Waals surface area contributed by atoms with Crippen LogP contribution in [0.15, 0.2) is 4.73 Å². The molecule has 0 amide bonds. The third-order valence-corrected chi connectivity index (χ3v) is 2.41. The van der Waals surface area contributed by atoms with Crippen molar-refractivity contribution in [1.82, 2.24) is 14.8 Å². The number of hydrogen-bond acceptors (Lipinski definition) is 3. The highest BCUT2D eigenvalue weighted by molar-refractivity contribution is 9.10. The Kier molecular flexibility index (Phi) is 2.14. The van der Waals surface area contributed by atoms with Gasteiger partial charge >= 0.3 is 0 Å². The summed E-state index contributed by atoms with van der Waals surface area (Å²) >= 11 is 3.19. The molecule has 2 rings (SSSR count). The predicted octanol–water partition coefficient (Wildman–Crippen LogP) is 1.26. The van der Waals surface area contributed by atoms with Crippen molar-refractivity contribution in [3.05, 3.63) is 10.6 Å². The lowest BCUT2D eigenvalue weighted by Crippen LogP contribution is -2.06. The first kappa shape index (κ1) is 8.19. The van der Waals surface area contributed by atoms with Gasteiger partial charge in [-0.25, -0.2) is 9.67 Å². The van der Waals surface area contributed by atoms with Gasteiger partial charge in [-0.3, -0.25) is 0 Å². The zero-order valence-corrected chi connectivity index (χ0v) is 8.16. The smallest absolute Gasteiger partial charge is 0.217 e. The van der Waals surface area contributed by atoms with Crippen molar-refractivity contribution < 1.29 is 5.11 Å². The Hall–Kier alpha value is -0.420. The monoisotopic (exact) mass is 231 g/mol. The quantitative estimate of drug-likeness (QED) is 0.732. The zero-order chi connectivity index (χ0) is 8.55. The number of aromatic nitrogens is 3. The fourth-order valence-corrected chi connectivity index (χ4v) is 1.84. The van der Waals surface area contributed by atoms with Gasteiger partial charge in [-0.2, -0.15) is 0 Å². The Bertz CT molecular complexity index is 286. The van der Waals surface area contributed by atoms with Crippen LogP contribution in [0.5, 0.6) is 0 Å². The highest BCUT2D eigenvalue weighted by atomic mass is 79.9. The van der Waals surface area contributed by atoms with Crippen LogP contribution in [0.1, 0.15) is 31.2 Å². The van der Waals surface area contributed by atoms with Gasteiger partial charge in [0.1, 0.15) is 6.10 Å². The number of nitrogens with zero attached hydrogens (tertiary/aromatic N) is 3. The first-order valence-electron chi connectivity index (χ1n) is 4.05. The summed E-state index contributed by atoms with van der Waals surface area (Å²) in [5, 5.41) is 13.7. The van der Waals surface area contributed by atoms with E-state index in [9.17, 15) is 5.11 Å². The van der Waals surface area contributed by atoms with Crippen molar-refractivity contribution in [3.63, 3.8) is 0 Å². The summed E-state index contributed by atoms with van der Waals surface area (Å²) < 4.78 is 2.35. The Labute approximate surface area is 78.7 Å². The summed E-state index contributed by atoms with van der Waals surface area (Å²) in [5.74, 6) is 0.694. The minimum absolute atomic E-state index is 0.439. The van der Waals surface area contributed by atoms with Gasteiger partial charge in [0.15, 0.2) is 5.82 Å². The van der Waals surface area contributed by atoms with E-state index in [1.165, 1.54) is 0 Å². The molecule has 0 saturated heterocycles. The molecule has 0 unspecified atom stereocenters. The summed E-state index contributed by atoms with van der Waals surface area (Å²) in [6.45, 7) is 0.866. The molecule has 1 aliphatic heterocycles. The topological polar surface area (TPSA) is 50.9 Å². The third-order valence-electron chi connectivity index (χ3n) is 2.07. The lowest BCUT2D eigenvalue weighted by atomic mass is 10.2. The van der Waals surface area contributed by atoms with Crippen LogP contribution in [-0.4, -0.2) is 19.9 Å². The first-order valence-corrected chi connectivity index (χ1v) is 4.85. The van der Waals surface area contributed by atoms with E-state index in [1.807, 2.05) is 0 Å². The summed E-state index contributed by atoms with van der Waals surface area (Å²) in [4.78, 5) is 4.11. The first-order chi connectivity index (χ1) is 5.77. The summed E-state index contributed by atoms with van der Waals surface area (Å²) in [6.07, 6.45) is 2.47. The number of aliphatic hydroxyl groups excluding tert-OH is 1. The molecule has 0 bridgehead atoms. The molecule has 0 fully saturated rings. The lowest BCUT2D eigenvalue weighted by molar-refractivity contribution is 0.156. The lowest BCUT2D eigenvalue weighted by Gasteiger charge is -2.04. The zero-order valence-electron chi connectivity index (χ0n) is 6.57. The number of halogens is 1. The molecule has 66 valence electrons. The fourth-order valence-electron chi connectivity index (χ4n) is 1.46. The summed E-state index contributed by atoms with van der Waals surface area (Å²) in [5.41, 5.74) is 0. The van der Waals surface area contributed by atoms with E-state index in [2.05, 4.69) is 26.0 Å².